The van der Waals surface area contributed by atoms with Gasteiger partial charge >= 0.3 is 0 Å². The molecule has 8 aromatic carbocycles. The monoisotopic (exact) mass is 709 g/mol. The van der Waals surface area contributed by atoms with Crippen LogP contribution in [0.5, 0.6) is 0 Å². The van der Waals surface area contributed by atoms with Crippen molar-refractivity contribution in [2.75, 3.05) is 4.90 Å². The second-order valence-corrected chi connectivity index (χ2v) is 15.0. The Bertz CT molecular complexity index is 3040. The summed E-state index contributed by atoms with van der Waals surface area (Å²) in [5.41, 5.74) is 13.0. The molecule has 1 fully saturated rings. The minimum absolute atomic E-state index is 0.576. The summed E-state index contributed by atoms with van der Waals surface area (Å²) < 4.78 is 12.8. The van der Waals surface area contributed by atoms with Crippen LogP contribution in [0.3, 0.4) is 0 Å². The third kappa shape index (κ3) is 5.33. The predicted molar refractivity (Wildman–Crippen MR) is 230 cm³/mol. The van der Waals surface area contributed by atoms with E-state index in [-0.39, 0.29) is 0 Å². The topological polar surface area (TPSA) is 29.5 Å². The van der Waals surface area contributed by atoms with E-state index in [9.17, 15) is 0 Å². The highest BCUT2D eigenvalue weighted by atomic mass is 16.3. The van der Waals surface area contributed by atoms with Crippen molar-refractivity contribution in [1.82, 2.24) is 0 Å². The third-order valence-electron chi connectivity index (χ3n) is 11.9. The lowest BCUT2D eigenvalue weighted by Crippen LogP contribution is -2.12. The van der Waals surface area contributed by atoms with E-state index < -0.39 is 0 Å². The lowest BCUT2D eigenvalue weighted by molar-refractivity contribution is 0.445. The normalized spacial score (nSPS) is 13.7. The molecule has 0 saturated heterocycles. The van der Waals surface area contributed by atoms with Gasteiger partial charge < -0.3 is 13.7 Å². The second kappa shape index (κ2) is 13.1. The molecule has 3 heteroatoms. The van der Waals surface area contributed by atoms with Gasteiger partial charge in [-0.2, -0.15) is 0 Å². The molecule has 2 aromatic heterocycles. The Hall–Kier alpha value is -6.58. The molecule has 0 radical (unpaired) electrons. The van der Waals surface area contributed by atoms with E-state index in [1.165, 1.54) is 59.6 Å². The van der Waals surface area contributed by atoms with Gasteiger partial charge in [0.15, 0.2) is 0 Å². The molecule has 0 atom stereocenters. The number of para-hydroxylation sites is 4. The van der Waals surface area contributed by atoms with Crippen molar-refractivity contribution in [3.63, 3.8) is 0 Å². The SMILES string of the molecule is c1ccc(N(c2ccc3oc4ccccc4c3c2)c2ccccc2-c2cccc3cccc(C4CCCCC4)c23)c(-c2ccc3c(c2)oc2ccccc23)c1. The van der Waals surface area contributed by atoms with E-state index in [1.807, 2.05) is 18.2 Å². The zero-order valence-electron chi connectivity index (χ0n) is 30.5. The van der Waals surface area contributed by atoms with Crippen LogP contribution in [-0.4, -0.2) is 0 Å². The number of rotatable bonds is 6. The van der Waals surface area contributed by atoms with E-state index in [1.54, 1.807) is 0 Å². The van der Waals surface area contributed by atoms with Gasteiger partial charge in [0, 0.05) is 38.4 Å². The van der Waals surface area contributed by atoms with Crippen LogP contribution in [-0.2, 0) is 0 Å². The molecule has 55 heavy (non-hydrogen) atoms. The molecule has 11 rings (SSSR count). The molecule has 264 valence electrons. The van der Waals surface area contributed by atoms with Crippen LogP contribution in [0.4, 0.5) is 17.1 Å². The Labute approximate surface area is 320 Å². The van der Waals surface area contributed by atoms with Crippen LogP contribution >= 0.6 is 0 Å². The molecule has 10 aromatic rings. The maximum absolute atomic E-state index is 6.42. The average Bonchev–Trinajstić information content (AvgIpc) is 3.82. The van der Waals surface area contributed by atoms with Gasteiger partial charge in [0.05, 0.1) is 11.4 Å². The van der Waals surface area contributed by atoms with Crippen molar-refractivity contribution in [3.8, 4) is 22.3 Å². The van der Waals surface area contributed by atoms with Crippen molar-refractivity contribution in [3.05, 3.63) is 175 Å². The first-order valence-electron chi connectivity index (χ1n) is 19.6. The van der Waals surface area contributed by atoms with E-state index in [0.29, 0.717) is 5.92 Å². The molecule has 0 spiro atoms. The summed E-state index contributed by atoms with van der Waals surface area (Å²) in [5, 5.41) is 7.15. The molecule has 3 nitrogen and oxygen atoms in total. The fourth-order valence-electron chi connectivity index (χ4n) is 9.31. The molecule has 0 bridgehead atoms. The molecular weight excluding hydrogens is 671 g/mol. The first kappa shape index (κ1) is 31.9. The third-order valence-corrected chi connectivity index (χ3v) is 11.9. The first-order chi connectivity index (χ1) is 27.3. The molecule has 0 aliphatic heterocycles. The van der Waals surface area contributed by atoms with Gasteiger partial charge in [0.2, 0.25) is 0 Å². The van der Waals surface area contributed by atoms with Gasteiger partial charge in [0.1, 0.15) is 22.3 Å². The van der Waals surface area contributed by atoms with Crippen LogP contribution in [0.25, 0.3) is 76.9 Å². The molecular formula is C52H39NO2. The molecule has 2 heterocycles. The standard InChI is InChI=1S/C52H39NO2/c1-2-14-34(15-3-1)39-22-12-16-35-17-13-23-44(52(35)39)40-19-5-9-25-47(40)53(37-29-31-50-45(33-37)42-21-7-11-27-49(42)54-50)46-24-8-4-18-38(46)36-28-30-43-41-20-6-10-26-48(41)55-51(43)32-36/h4-13,16-34H,1-3,14-15H2. The fraction of sp³-hybridized carbons (Fsp3) is 0.115. The zero-order valence-corrected chi connectivity index (χ0v) is 30.5. The summed E-state index contributed by atoms with van der Waals surface area (Å²) in [4.78, 5) is 2.46. The van der Waals surface area contributed by atoms with Gasteiger partial charge in [-0.3, -0.25) is 0 Å². The highest BCUT2D eigenvalue weighted by Gasteiger charge is 2.25. The van der Waals surface area contributed by atoms with Crippen LogP contribution in [0.15, 0.2) is 179 Å². The van der Waals surface area contributed by atoms with Gasteiger partial charge in [-0.05, 0) is 101 Å². The van der Waals surface area contributed by atoms with E-state index in [0.717, 1.165) is 72.1 Å². The number of anilines is 3. The highest BCUT2D eigenvalue weighted by molar-refractivity contribution is 6.09. The van der Waals surface area contributed by atoms with Crippen molar-refractivity contribution in [2.24, 2.45) is 0 Å². The van der Waals surface area contributed by atoms with Gasteiger partial charge in [-0.1, -0.05) is 135 Å². The molecule has 1 aliphatic rings. The number of nitrogens with zero attached hydrogens (tertiary/aromatic N) is 1. The summed E-state index contributed by atoms with van der Waals surface area (Å²) in [6, 6.07) is 61.4. The fourth-order valence-corrected chi connectivity index (χ4v) is 9.31. The Morgan fingerprint density at radius 3 is 1.82 bits per heavy atom. The summed E-state index contributed by atoms with van der Waals surface area (Å²) in [6.07, 6.45) is 6.45. The van der Waals surface area contributed by atoms with Crippen LogP contribution in [0.2, 0.25) is 0 Å². The Morgan fingerprint density at radius 2 is 1.02 bits per heavy atom. The van der Waals surface area contributed by atoms with Crippen molar-refractivity contribution in [1.29, 1.82) is 0 Å². The molecule has 0 unspecified atom stereocenters. The number of hydrogen-bond donors (Lipinski definition) is 0. The van der Waals surface area contributed by atoms with Gasteiger partial charge in [-0.25, -0.2) is 0 Å². The average molecular weight is 710 g/mol. The molecule has 0 amide bonds. The minimum Gasteiger partial charge on any atom is -0.456 e. The molecule has 1 saturated carbocycles. The minimum atomic E-state index is 0.576. The van der Waals surface area contributed by atoms with Crippen molar-refractivity contribution < 1.29 is 8.83 Å². The smallest absolute Gasteiger partial charge is 0.136 e. The second-order valence-electron chi connectivity index (χ2n) is 15.0. The summed E-state index contributed by atoms with van der Waals surface area (Å²) in [6.45, 7) is 0. The highest BCUT2D eigenvalue weighted by Crippen LogP contribution is 2.48. The lowest BCUT2D eigenvalue weighted by Gasteiger charge is -2.30. The van der Waals surface area contributed by atoms with E-state index in [4.69, 9.17) is 8.83 Å². The quantitative estimate of drug-likeness (QED) is 0.172. The number of hydrogen-bond acceptors (Lipinski definition) is 3. The largest absolute Gasteiger partial charge is 0.456 e. The Morgan fingerprint density at radius 1 is 0.418 bits per heavy atom. The zero-order chi connectivity index (χ0) is 36.3. The van der Waals surface area contributed by atoms with Gasteiger partial charge in [-0.15, -0.1) is 0 Å². The van der Waals surface area contributed by atoms with Crippen LogP contribution < -0.4 is 4.90 Å². The lowest BCUT2D eigenvalue weighted by atomic mass is 9.80. The Balaban J connectivity index is 1.16. The van der Waals surface area contributed by atoms with Gasteiger partial charge in [0.25, 0.3) is 0 Å². The van der Waals surface area contributed by atoms with E-state index in [2.05, 4.69) is 157 Å². The van der Waals surface area contributed by atoms with Crippen LogP contribution in [0.1, 0.15) is 43.6 Å². The number of fused-ring (bicyclic) bond motifs is 7. The van der Waals surface area contributed by atoms with Crippen molar-refractivity contribution in [2.45, 2.75) is 38.0 Å². The predicted octanol–water partition coefficient (Wildman–Crippen LogP) is 15.5. The maximum atomic E-state index is 6.42. The Kier molecular flexibility index (Phi) is 7.58. The van der Waals surface area contributed by atoms with Crippen molar-refractivity contribution >= 4 is 71.7 Å². The number of benzene rings is 8. The molecule has 1 aliphatic carbocycles. The summed E-state index contributed by atoms with van der Waals surface area (Å²) >= 11 is 0. The molecule has 0 N–H and O–H groups in total. The summed E-state index contributed by atoms with van der Waals surface area (Å²) in [5.74, 6) is 0.576. The maximum Gasteiger partial charge on any atom is 0.136 e. The van der Waals surface area contributed by atoms with Crippen LogP contribution in [0, 0.1) is 0 Å². The number of furan rings is 2. The first-order valence-corrected chi connectivity index (χ1v) is 19.6. The van der Waals surface area contributed by atoms with E-state index >= 15 is 0 Å². The summed E-state index contributed by atoms with van der Waals surface area (Å²) in [7, 11) is 0.